The van der Waals surface area contributed by atoms with E-state index in [1.165, 1.54) is 29.7 Å². The standard InChI is InChI=1S/C19H24N2/c20-15-18-13-12-17-10-4-5-11-19(17)21(18)14-6-9-16-7-2-1-3-8-16/h1-5,7-8,10-11,18H,6,9,12-15,20H2. The zero-order valence-electron chi connectivity index (χ0n) is 12.5. The molecule has 0 radical (unpaired) electrons. The van der Waals surface area contributed by atoms with E-state index in [1.54, 1.807) is 0 Å². The van der Waals surface area contributed by atoms with Gasteiger partial charge < -0.3 is 10.6 Å². The van der Waals surface area contributed by atoms with Crippen molar-refractivity contribution in [1.82, 2.24) is 0 Å². The normalized spacial score (nSPS) is 17.6. The average Bonchev–Trinajstić information content (AvgIpc) is 2.56. The number of para-hydroxylation sites is 1. The summed E-state index contributed by atoms with van der Waals surface area (Å²) in [6.45, 7) is 1.84. The third-order valence-electron chi connectivity index (χ3n) is 4.47. The Labute approximate surface area is 127 Å². The molecule has 0 saturated carbocycles. The number of fused-ring (bicyclic) bond motifs is 1. The van der Waals surface area contributed by atoms with Crippen molar-refractivity contribution in [2.75, 3.05) is 18.0 Å². The lowest BCUT2D eigenvalue weighted by Crippen LogP contribution is -2.44. The van der Waals surface area contributed by atoms with Crippen LogP contribution in [0.1, 0.15) is 24.0 Å². The molecule has 0 spiro atoms. The van der Waals surface area contributed by atoms with Gasteiger partial charge in [-0.15, -0.1) is 0 Å². The minimum absolute atomic E-state index is 0.496. The number of benzene rings is 2. The fourth-order valence-electron chi connectivity index (χ4n) is 3.32. The van der Waals surface area contributed by atoms with Crippen LogP contribution in [0.2, 0.25) is 0 Å². The van der Waals surface area contributed by atoms with Crippen LogP contribution in [0.3, 0.4) is 0 Å². The second-order valence-corrected chi connectivity index (χ2v) is 5.84. The molecule has 0 fully saturated rings. The van der Waals surface area contributed by atoms with E-state index < -0.39 is 0 Å². The number of anilines is 1. The quantitative estimate of drug-likeness (QED) is 0.909. The summed E-state index contributed by atoms with van der Waals surface area (Å²) in [5.74, 6) is 0. The predicted molar refractivity (Wildman–Crippen MR) is 89.7 cm³/mol. The molecule has 3 rings (SSSR count). The average molecular weight is 280 g/mol. The maximum atomic E-state index is 5.99. The van der Waals surface area contributed by atoms with Gasteiger partial charge in [-0.3, -0.25) is 0 Å². The summed E-state index contributed by atoms with van der Waals surface area (Å²) in [6, 6.07) is 20.0. The molecule has 0 saturated heterocycles. The molecule has 2 aromatic carbocycles. The summed E-state index contributed by atoms with van der Waals surface area (Å²) in [7, 11) is 0. The minimum Gasteiger partial charge on any atom is -0.367 e. The first-order valence-corrected chi connectivity index (χ1v) is 7.97. The number of nitrogens with zero attached hydrogens (tertiary/aromatic N) is 1. The van der Waals surface area contributed by atoms with Crippen LogP contribution < -0.4 is 10.6 Å². The maximum absolute atomic E-state index is 5.99. The van der Waals surface area contributed by atoms with Crippen molar-refractivity contribution >= 4 is 5.69 Å². The van der Waals surface area contributed by atoms with Gasteiger partial charge in [-0.05, 0) is 42.9 Å². The molecule has 1 aliphatic rings. The van der Waals surface area contributed by atoms with Crippen LogP contribution in [0.25, 0.3) is 0 Å². The molecule has 21 heavy (non-hydrogen) atoms. The molecule has 0 bridgehead atoms. The maximum Gasteiger partial charge on any atom is 0.0415 e. The first-order chi connectivity index (χ1) is 10.4. The van der Waals surface area contributed by atoms with Crippen molar-refractivity contribution in [3.05, 3.63) is 65.7 Å². The summed E-state index contributed by atoms with van der Waals surface area (Å²) in [4.78, 5) is 2.53. The Hall–Kier alpha value is -1.80. The summed E-state index contributed by atoms with van der Waals surface area (Å²) in [6.07, 6.45) is 4.65. The number of hydrogen-bond acceptors (Lipinski definition) is 2. The molecule has 0 aromatic heterocycles. The zero-order chi connectivity index (χ0) is 14.5. The fourth-order valence-corrected chi connectivity index (χ4v) is 3.32. The largest absolute Gasteiger partial charge is 0.367 e. The Morgan fingerprint density at radius 2 is 1.76 bits per heavy atom. The first-order valence-electron chi connectivity index (χ1n) is 7.97. The lowest BCUT2D eigenvalue weighted by atomic mass is 9.95. The molecule has 0 amide bonds. The van der Waals surface area contributed by atoms with Gasteiger partial charge in [-0.2, -0.15) is 0 Å². The second kappa shape index (κ2) is 6.77. The molecule has 1 unspecified atom stereocenters. The molecular weight excluding hydrogens is 256 g/mol. The lowest BCUT2D eigenvalue weighted by Gasteiger charge is -2.38. The van der Waals surface area contributed by atoms with Crippen molar-refractivity contribution in [3.63, 3.8) is 0 Å². The lowest BCUT2D eigenvalue weighted by molar-refractivity contribution is 0.525. The summed E-state index contributed by atoms with van der Waals surface area (Å²) in [5.41, 5.74) is 10.3. The Balaban J connectivity index is 1.67. The highest BCUT2D eigenvalue weighted by Crippen LogP contribution is 2.30. The van der Waals surface area contributed by atoms with Gasteiger partial charge in [-0.25, -0.2) is 0 Å². The van der Waals surface area contributed by atoms with E-state index in [1.807, 2.05) is 0 Å². The van der Waals surface area contributed by atoms with E-state index in [4.69, 9.17) is 5.73 Å². The van der Waals surface area contributed by atoms with Crippen molar-refractivity contribution < 1.29 is 0 Å². The molecular formula is C19H24N2. The highest BCUT2D eigenvalue weighted by molar-refractivity contribution is 5.56. The van der Waals surface area contributed by atoms with E-state index in [0.29, 0.717) is 6.04 Å². The van der Waals surface area contributed by atoms with E-state index in [0.717, 1.165) is 25.9 Å². The summed E-state index contributed by atoms with van der Waals surface area (Å²) < 4.78 is 0. The van der Waals surface area contributed by atoms with Crippen LogP contribution >= 0.6 is 0 Å². The van der Waals surface area contributed by atoms with E-state index in [9.17, 15) is 0 Å². The van der Waals surface area contributed by atoms with Crippen LogP contribution in [0, 0.1) is 0 Å². The van der Waals surface area contributed by atoms with Crippen molar-refractivity contribution in [1.29, 1.82) is 0 Å². The topological polar surface area (TPSA) is 29.3 Å². The monoisotopic (exact) mass is 280 g/mol. The van der Waals surface area contributed by atoms with Gasteiger partial charge in [0.2, 0.25) is 0 Å². The SMILES string of the molecule is NCC1CCc2ccccc2N1CCCc1ccccc1. The van der Waals surface area contributed by atoms with Crippen LogP contribution in [-0.4, -0.2) is 19.1 Å². The molecule has 110 valence electrons. The molecule has 0 aliphatic carbocycles. The van der Waals surface area contributed by atoms with E-state index in [2.05, 4.69) is 59.5 Å². The van der Waals surface area contributed by atoms with E-state index in [-0.39, 0.29) is 0 Å². The van der Waals surface area contributed by atoms with Gasteiger partial charge in [-0.1, -0.05) is 48.5 Å². The fraction of sp³-hybridized carbons (Fsp3) is 0.368. The highest BCUT2D eigenvalue weighted by Gasteiger charge is 2.24. The number of nitrogens with two attached hydrogens (primary N) is 1. The number of aryl methyl sites for hydroxylation is 2. The third kappa shape index (κ3) is 3.27. The highest BCUT2D eigenvalue weighted by atomic mass is 15.2. The van der Waals surface area contributed by atoms with Crippen LogP contribution in [0.4, 0.5) is 5.69 Å². The van der Waals surface area contributed by atoms with Crippen molar-refractivity contribution in [2.24, 2.45) is 5.73 Å². The molecule has 2 nitrogen and oxygen atoms in total. The molecule has 1 atom stereocenters. The van der Waals surface area contributed by atoms with Gasteiger partial charge >= 0.3 is 0 Å². The molecule has 2 N–H and O–H groups in total. The van der Waals surface area contributed by atoms with Gasteiger partial charge in [0.15, 0.2) is 0 Å². The second-order valence-electron chi connectivity index (χ2n) is 5.84. The third-order valence-corrected chi connectivity index (χ3v) is 4.47. The summed E-state index contributed by atoms with van der Waals surface area (Å²) in [5, 5.41) is 0. The van der Waals surface area contributed by atoms with Crippen LogP contribution in [0.15, 0.2) is 54.6 Å². The Morgan fingerprint density at radius 1 is 1.00 bits per heavy atom. The Bertz CT molecular complexity index is 565. The van der Waals surface area contributed by atoms with Gasteiger partial charge in [0.05, 0.1) is 0 Å². The predicted octanol–water partition coefficient (Wildman–Crippen LogP) is 3.40. The number of hydrogen-bond donors (Lipinski definition) is 1. The Morgan fingerprint density at radius 3 is 2.57 bits per heavy atom. The van der Waals surface area contributed by atoms with Crippen LogP contribution in [-0.2, 0) is 12.8 Å². The smallest absolute Gasteiger partial charge is 0.0415 e. The minimum atomic E-state index is 0.496. The Kier molecular flexibility index (Phi) is 4.56. The zero-order valence-corrected chi connectivity index (χ0v) is 12.5. The molecule has 2 heteroatoms. The number of rotatable bonds is 5. The van der Waals surface area contributed by atoms with Crippen molar-refractivity contribution in [3.8, 4) is 0 Å². The molecule has 2 aromatic rings. The molecule has 1 heterocycles. The van der Waals surface area contributed by atoms with Crippen molar-refractivity contribution in [2.45, 2.75) is 31.7 Å². The van der Waals surface area contributed by atoms with Crippen LogP contribution in [0.5, 0.6) is 0 Å². The molecule has 1 aliphatic heterocycles. The van der Waals surface area contributed by atoms with Gasteiger partial charge in [0.1, 0.15) is 0 Å². The van der Waals surface area contributed by atoms with E-state index >= 15 is 0 Å². The van der Waals surface area contributed by atoms with Gasteiger partial charge in [0, 0.05) is 24.8 Å². The van der Waals surface area contributed by atoms with Gasteiger partial charge in [0.25, 0.3) is 0 Å². The summed E-state index contributed by atoms with van der Waals surface area (Å²) >= 11 is 0. The first kappa shape index (κ1) is 14.2.